The molecule has 1 fully saturated rings. The van der Waals surface area contributed by atoms with E-state index in [2.05, 4.69) is 11.4 Å². The third-order valence-electron chi connectivity index (χ3n) is 5.17. The van der Waals surface area contributed by atoms with Crippen LogP contribution >= 0.6 is 0 Å². The van der Waals surface area contributed by atoms with Crippen molar-refractivity contribution in [1.29, 1.82) is 0 Å². The van der Waals surface area contributed by atoms with Gasteiger partial charge in [-0.3, -0.25) is 4.79 Å². The number of amides is 1. The number of carbonyl (C=O) groups excluding carboxylic acids is 1. The smallest absolute Gasteiger partial charge is 0.246 e. The highest BCUT2D eigenvalue weighted by Gasteiger charge is 2.21. The van der Waals surface area contributed by atoms with E-state index in [0.717, 1.165) is 56.0 Å². The van der Waals surface area contributed by atoms with E-state index in [9.17, 15) is 4.79 Å². The molecule has 2 heterocycles. The molecule has 2 aromatic carbocycles. The maximum Gasteiger partial charge on any atom is 0.246 e. The van der Waals surface area contributed by atoms with Gasteiger partial charge in [0, 0.05) is 24.5 Å². The second kappa shape index (κ2) is 8.44. The van der Waals surface area contributed by atoms with Gasteiger partial charge in [-0.15, -0.1) is 0 Å². The minimum Gasteiger partial charge on any atom is -0.491 e. The number of benzene rings is 2. The summed E-state index contributed by atoms with van der Waals surface area (Å²) in [4.78, 5) is 14.6. The van der Waals surface area contributed by atoms with Crippen molar-refractivity contribution in [2.45, 2.75) is 31.8 Å². The van der Waals surface area contributed by atoms with Crippen molar-refractivity contribution >= 4 is 17.3 Å². The highest BCUT2D eigenvalue weighted by atomic mass is 16.5. The number of fused-ring (bicyclic) bond motifs is 1. The molecule has 0 saturated carbocycles. The van der Waals surface area contributed by atoms with Crippen LogP contribution in [0.5, 0.6) is 5.75 Å². The summed E-state index contributed by atoms with van der Waals surface area (Å²) in [5.41, 5.74) is 3.22. The molecule has 5 heteroatoms. The van der Waals surface area contributed by atoms with E-state index in [-0.39, 0.29) is 18.6 Å². The summed E-state index contributed by atoms with van der Waals surface area (Å²) in [6.45, 7) is 2.50. The van der Waals surface area contributed by atoms with E-state index in [0.29, 0.717) is 6.61 Å². The number of hydrogen-bond donors (Lipinski definition) is 1. The molecule has 1 unspecified atom stereocenters. The molecule has 142 valence electrons. The Kier molecular flexibility index (Phi) is 5.58. The molecule has 1 atom stereocenters. The van der Waals surface area contributed by atoms with E-state index in [1.54, 1.807) is 0 Å². The maximum absolute atomic E-state index is 12.7. The number of aryl methyl sites for hydroxylation is 1. The van der Waals surface area contributed by atoms with Crippen LogP contribution in [0.1, 0.15) is 24.8 Å². The molecular formula is C22H26N2O3. The Bertz CT molecular complexity index is 769. The summed E-state index contributed by atoms with van der Waals surface area (Å²) >= 11 is 0. The van der Waals surface area contributed by atoms with Crippen molar-refractivity contribution < 1.29 is 14.3 Å². The normalized spacial score (nSPS) is 18.8. The van der Waals surface area contributed by atoms with Crippen LogP contribution in [0.4, 0.5) is 11.4 Å². The fraction of sp³-hybridized carbons (Fsp3) is 0.409. The van der Waals surface area contributed by atoms with Crippen LogP contribution in [0.25, 0.3) is 0 Å². The van der Waals surface area contributed by atoms with Gasteiger partial charge in [-0.1, -0.05) is 18.2 Å². The Morgan fingerprint density at radius 2 is 2.00 bits per heavy atom. The zero-order valence-electron chi connectivity index (χ0n) is 15.5. The second-order valence-electron chi connectivity index (χ2n) is 7.10. The maximum atomic E-state index is 12.7. The fourth-order valence-electron chi connectivity index (χ4n) is 3.70. The average Bonchev–Trinajstić information content (AvgIpc) is 3.24. The molecule has 2 aliphatic rings. The predicted octanol–water partition coefficient (Wildman–Crippen LogP) is 3.64. The van der Waals surface area contributed by atoms with Crippen LogP contribution < -0.4 is 15.0 Å². The first-order valence-electron chi connectivity index (χ1n) is 9.76. The lowest BCUT2D eigenvalue weighted by Gasteiger charge is -2.29. The van der Waals surface area contributed by atoms with Crippen molar-refractivity contribution in [3.05, 3.63) is 54.1 Å². The van der Waals surface area contributed by atoms with Crippen LogP contribution in [0.2, 0.25) is 0 Å². The summed E-state index contributed by atoms with van der Waals surface area (Å²) in [7, 11) is 0. The largest absolute Gasteiger partial charge is 0.491 e. The quantitative estimate of drug-likeness (QED) is 0.848. The molecule has 2 aliphatic heterocycles. The van der Waals surface area contributed by atoms with Crippen molar-refractivity contribution in [3.8, 4) is 5.75 Å². The number of nitrogens with one attached hydrogen (secondary N) is 1. The van der Waals surface area contributed by atoms with Gasteiger partial charge in [0.15, 0.2) is 0 Å². The Hall–Kier alpha value is -2.53. The molecule has 4 rings (SSSR count). The summed E-state index contributed by atoms with van der Waals surface area (Å²) in [5.74, 6) is 0.924. The number of nitrogens with zero attached hydrogens (tertiary/aromatic N) is 1. The lowest BCUT2D eigenvalue weighted by atomic mass is 10.0. The second-order valence-corrected chi connectivity index (χ2v) is 7.10. The Morgan fingerprint density at radius 3 is 2.81 bits per heavy atom. The lowest BCUT2D eigenvalue weighted by Crippen LogP contribution is -2.39. The molecule has 5 nitrogen and oxygen atoms in total. The molecule has 1 N–H and O–H groups in total. The molecule has 0 bridgehead atoms. The van der Waals surface area contributed by atoms with Crippen LogP contribution in [0.3, 0.4) is 0 Å². The minimum absolute atomic E-state index is 0.0980. The molecular weight excluding hydrogens is 340 g/mol. The first-order chi connectivity index (χ1) is 13.3. The third-order valence-corrected chi connectivity index (χ3v) is 5.17. The van der Waals surface area contributed by atoms with Crippen LogP contribution in [0, 0.1) is 0 Å². The van der Waals surface area contributed by atoms with Crippen molar-refractivity contribution in [3.63, 3.8) is 0 Å². The number of hydrogen-bond acceptors (Lipinski definition) is 4. The minimum atomic E-state index is 0.0980. The van der Waals surface area contributed by atoms with Crippen LogP contribution in [-0.2, 0) is 16.0 Å². The Morgan fingerprint density at radius 1 is 1.15 bits per heavy atom. The van der Waals surface area contributed by atoms with Gasteiger partial charge in [0.2, 0.25) is 5.91 Å². The average molecular weight is 366 g/mol. The van der Waals surface area contributed by atoms with Gasteiger partial charge >= 0.3 is 0 Å². The van der Waals surface area contributed by atoms with Gasteiger partial charge in [-0.05, 0) is 61.6 Å². The number of para-hydroxylation sites is 1. The number of carbonyl (C=O) groups is 1. The lowest BCUT2D eigenvalue weighted by molar-refractivity contribution is -0.117. The van der Waals surface area contributed by atoms with Crippen molar-refractivity contribution in [1.82, 2.24) is 0 Å². The van der Waals surface area contributed by atoms with Gasteiger partial charge < -0.3 is 19.7 Å². The van der Waals surface area contributed by atoms with E-state index in [1.807, 2.05) is 47.4 Å². The third kappa shape index (κ3) is 4.42. The number of ether oxygens (including phenoxy) is 2. The van der Waals surface area contributed by atoms with Gasteiger partial charge in [-0.2, -0.15) is 0 Å². The molecule has 0 aromatic heterocycles. The standard InChI is InChI=1S/C22H26N2O3/c25-22(24-13-3-6-17-5-1-2-8-21(17)24)15-23-18-9-11-19(12-10-18)27-16-20-7-4-14-26-20/h1-2,5,8-12,20,23H,3-4,6-7,13-16H2. The number of rotatable bonds is 6. The highest BCUT2D eigenvalue weighted by molar-refractivity contribution is 5.97. The molecule has 27 heavy (non-hydrogen) atoms. The molecule has 1 amide bonds. The van der Waals surface area contributed by atoms with E-state index in [1.165, 1.54) is 5.56 Å². The van der Waals surface area contributed by atoms with Crippen LogP contribution in [0.15, 0.2) is 48.5 Å². The number of anilines is 2. The van der Waals surface area contributed by atoms with Gasteiger partial charge in [-0.25, -0.2) is 0 Å². The van der Waals surface area contributed by atoms with E-state index in [4.69, 9.17) is 9.47 Å². The first-order valence-corrected chi connectivity index (χ1v) is 9.76. The van der Waals surface area contributed by atoms with Crippen molar-refractivity contribution in [2.24, 2.45) is 0 Å². The fourth-order valence-corrected chi connectivity index (χ4v) is 3.70. The predicted molar refractivity (Wildman–Crippen MR) is 107 cm³/mol. The monoisotopic (exact) mass is 366 g/mol. The van der Waals surface area contributed by atoms with E-state index < -0.39 is 0 Å². The Labute approximate surface area is 160 Å². The summed E-state index contributed by atoms with van der Waals surface area (Å²) in [5, 5.41) is 3.23. The summed E-state index contributed by atoms with van der Waals surface area (Å²) in [6, 6.07) is 15.9. The van der Waals surface area contributed by atoms with Gasteiger partial charge in [0.25, 0.3) is 0 Å². The first kappa shape index (κ1) is 17.9. The van der Waals surface area contributed by atoms with Gasteiger partial charge in [0.1, 0.15) is 12.4 Å². The Balaban J connectivity index is 1.29. The van der Waals surface area contributed by atoms with Gasteiger partial charge in [0.05, 0.1) is 12.6 Å². The zero-order chi connectivity index (χ0) is 18.5. The van der Waals surface area contributed by atoms with Crippen LogP contribution in [-0.4, -0.2) is 38.3 Å². The summed E-state index contributed by atoms with van der Waals surface area (Å²) < 4.78 is 11.3. The SMILES string of the molecule is O=C(CNc1ccc(OCC2CCCO2)cc1)N1CCCc2ccccc21. The van der Waals surface area contributed by atoms with Crippen molar-refractivity contribution in [2.75, 3.05) is 36.5 Å². The van der Waals surface area contributed by atoms with E-state index >= 15 is 0 Å². The molecule has 2 aromatic rings. The molecule has 0 spiro atoms. The molecule has 1 saturated heterocycles. The highest BCUT2D eigenvalue weighted by Crippen LogP contribution is 2.26. The molecule has 0 aliphatic carbocycles. The topological polar surface area (TPSA) is 50.8 Å². The molecule has 0 radical (unpaired) electrons. The zero-order valence-corrected chi connectivity index (χ0v) is 15.5. The summed E-state index contributed by atoms with van der Waals surface area (Å²) in [6.07, 6.45) is 4.46.